The molecule has 1 fully saturated rings. The van der Waals surface area contributed by atoms with Gasteiger partial charge in [0, 0.05) is 20.7 Å². The van der Waals surface area contributed by atoms with Crippen molar-refractivity contribution in [2.24, 2.45) is 0 Å². The Kier molecular flexibility index (Phi) is 3.94. The summed E-state index contributed by atoms with van der Waals surface area (Å²) in [6, 6.07) is 4.35. The molecule has 1 nitrogen and oxygen atoms in total. The molecule has 16 heavy (non-hydrogen) atoms. The molecule has 0 saturated heterocycles. The van der Waals surface area contributed by atoms with Gasteiger partial charge in [0.25, 0.3) is 0 Å². The highest BCUT2D eigenvalue weighted by Gasteiger charge is 2.40. The minimum Gasteiger partial charge on any atom is -0.390 e. The Hall–Kier alpha value is 0.360. The van der Waals surface area contributed by atoms with Crippen LogP contribution in [0.3, 0.4) is 0 Å². The van der Waals surface area contributed by atoms with E-state index in [9.17, 15) is 5.11 Å². The summed E-state index contributed by atoms with van der Waals surface area (Å²) in [4.78, 5) is 2.58. The zero-order chi connectivity index (χ0) is 11.8. The SMILES string of the molecule is CSc1cc(CC2(O)CC2)cc(Br)c1SC. The standard InChI is InChI=1S/C12H15BrOS2/c1-15-10-6-8(7-12(14)3-4-12)5-9(13)11(10)16-2/h5-6,14H,3-4,7H2,1-2H3. The Morgan fingerprint density at radius 1 is 1.31 bits per heavy atom. The van der Waals surface area contributed by atoms with Gasteiger partial charge in [0.2, 0.25) is 0 Å². The van der Waals surface area contributed by atoms with Gasteiger partial charge in [0.1, 0.15) is 0 Å². The predicted octanol–water partition coefficient (Wildman–Crippen LogP) is 3.96. The molecule has 0 heterocycles. The summed E-state index contributed by atoms with van der Waals surface area (Å²) in [6.45, 7) is 0. The van der Waals surface area contributed by atoms with Gasteiger partial charge >= 0.3 is 0 Å². The molecule has 0 aromatic heterocycles. The van der Waals surface area contributed by atoms with Crippen LogP contribution in [0.4, 0.5) is 0 Å². The number of aliphatic hydroxyl groups is 1. The first-order valence-corrected chi connectivity index (χ1v) is 8.45. The van der Waals surface area contributed by atoms with Crippen LogP contribution in [-0.2, 0) is 6.42 Å². The highest BCUT2D eigenvalue weighted by molar-refractivity contribution is 9.10. The molecule has 1 N–H and O–H groups in total. The fourth-order valence-corrected chi connectivity index (χ4v) is 4.48. The van der Waals surface area contributed by atoms with Gasteiger partial charge in [-0.05, 0) is 59.0 Å². The van der Waals surface area contributed by atoms with Crippen LogP contribution in [0.15, 0.2) is 26.4 Å². The van der Waals surface area contributed by atoms with E-state index in [0.717, 1.165) is 23.7 Å². The number of hydrogen-bond donors (Lipinski definition) is 1. The van der Waals surface area contributed by atoms with Gasteiger partial charge in [-0.15, -0.1) is 23.5 Å². The van der Waals surface area contributed by atoms with Crippen molar-refractivity contribution >= 4 is 39.5 Å². The Bertz CT molecular complexity index is 402. The Balaban J connectivity index is 2.30. The van der Waals surface area contributed by atoms with E-state index in [1.807, 2.05) is 0 Å². The number of rotatable bonds is 4. The van der Waals surface area contributed by atoms with E-state index in [4.69, 9.17) is 0 Å². The summed E-state index contributed by atoms with van der Waals surface area (Å²) in [6.07, 6.45) is 6.87. The van der Waals surface area contributed by atoms with E-state index < -0.39 is 5.60 Å². The molecule has 1 saturated carbocycles. The molecule has 2 rings (SSSR count). The lowest BCUT2D eigenvalue weighted by molar-refractivity contribution is 0.151. The lowest BCUT2D eigenvalue weighted by Crippen LogP contribution is -2.10. The molecule has 0 bridgehead atoms. The van der Waals surface area contributed by atoms with Gasteiger partial charge in [-0.2, -0.15) is 0 Å². The number of benzene rings is 1. The van der Waals surface area contributed by atoms with Crippen LogP contribution < -0.4 is 0 Å². The average Bonchev–Trinajstić information content (AvgIpc) is 2.95. The van der Waals surface area contributed by atoms with Gasteiger partial charge in [0.15, 0.2) is 0 Å². The molecule has 0 amide bonds. The van der Waals surface area contributed by atoms with Crippen molar-refractivity contribution in [1.82, 2.24) is 0 Å². The van der Waals surface area contributed by atoms with Gasteiger partial charge in [-0.25, -0.2) is 0 Å². The molecule has 1 aromatic carbocycles. The van der Waals surface area contributed by atoms with Crippen LogP contribution in [-0.4, -0.2) is 23.2 Å². The normalized spacial score (nSPS) is 17.5. The van der Waals surface area contributed by atoms with Crippen LogP contribution in [0.2, 0.25) is 0 Å². The maximum Gasteiger partial charge on any atom is 0.0690 e. The van der Waals surface area contributed by atoms with E-state index >= 15 is 0 Å². The summed E-state index contributed by atoms with van der Waals surface area (Å²) in [5.74, 6) is 0. The lowest BCUT2D eigenvalue weighted by Gasteiger charge is -2.13. The third-order valence-electron chi connectivity index (χ3n) is 2.85. The number of hydrogen-bond acceptors (Lipinski definition) is 3. The van der Waals surface area contributed by atoms with Crippen LogP contribution in [0.1, 0.15) is 18.4 Å². The van der Waals surface area contributed by atoms with Gasteiger partial charge in [-0.3, -0.25) is 0 Å². The average molecular weight is 319 g/mol. The smallest absolute Gasteiger partial charge is 0.0690 e. The van der Waals surface area contributed by atoms with E-state index in [2.05, 4.69) is 40.6 Å². The fraction of sp³-hybridized carbons (Fsp3) is 0.500. The van der Waals surface area contributed by atoms with E-state index in [1.54, 1.807) is 23.5 Å². The van der Waals surface area contributed by atoms with Gasteiger partial charge in [0.05, 0.1) is 5.60 Å². The Morgan fingerprint density at radius 3 is 2.50 bits per heavy atom. The van der Waals surface area contributed by atoms with Gasteiger partial charge in [-0.1, -0.05) is 0 Å². The second-order valence-corrected chi connectivity index (χ2v) is 6.73. The monoisotopic (exact) mass is 318 g/mol. The van der Waals surface area contributed by atoms with Crippen molar-refractivity contribution in [3.05, 3.63) is 22.2 Å². The quantitative estimate of drug-likeness (QED) is 0.848. The molecule has 0 aliphatic heterocycles. The first-order chi connectivity index (χ1) is 7.58. The maximum atomic E-state index is 9.94. The van der Waals surface area contributed by atoms with E-state index in [0.29, 0.717) is 0 Å². The highest BCUT2D eigenvalue weighted by Crippen LogP contribution is 2.41. The molecule has 1 aliphatic rings. The largest absolute Gasteiger partial charge is 0.390 e. The van der Waals surface area contributed by atoms with Crippen molar-refractivity contribution in [3.8, 4) is 0 Å². The number of thioether (sulfide) groups is 2. The summed E-state index contributed by atoms with van der Waals surface area (Å²) in [5, 5.41) is 9.94. The molecule has 0 radical (unpaired) electrons. The fourth-order valence-electron chi connectivity index (χ4n) is 1.77. The van der Waals surface area contributed by atoms with Crippen LogP contribution in [0.5, 0.6) is 0 Å². The summed E-state index contributed by atoms with van der Waals surface area (Å²) < 4.78 is 1.14. The van der Waals surface area contributed by atoms with Crippen LogP contribution in [0.25, 0.3) is 0 Å². The highest BCUT2D eigenvalue weighted by atomic mass is 79.9. The molecule has 4 heteroatoms. The molecule has 88 valence electrons. The first kappa shape index (κ1) is 12.8. The maximum absolute atomic E-state index is 9.94. The number of halogens is 1. The topological polar surface area (TPSA) is 20.2 Å². The van der Waals surface area contributed by atoms with Gasteiger partial charge < -0.3 is 5.11 Å². The van der Waals surface area contributed by atoms with E-state index in [-0.39, 0.29) is 0 Å². The molecule has 0 spiro atoms. The van der Waals surface area contributed by atoms with E-state index in [1.165, 1.54) is 15.4 Å². The third kappa shape index (κ3) is 2.78. The first-order valence-electron chi connectivity index (χ1n) is 5.21. The lowest BCUT2D eigenvalue weighted by atomic mass is 10.1. The zero-order valence-electron chi connectivity index (χ0n) is 9.42. The second kappa shape index (κ2) is 4.92. The third-order valence-corrected chi connectivity index (χ3v) is 5.48. The molecule has 1 aromatic rings. The second-order valence-electron chi connectivity index (χ2n) is 4.21. The minimum absolute atomic E-state index is 0.407. The molecule has 0 unspecified atom stereocenters. The van der Waals surface area contributed by atoms with Crippen molar-refractivity contribution < 1.29 is 5.11 Å². The Labute approximate surface area is 114 Å². The van der Waals surface area contributed by atoms with Crippen molar-refractivity contribution in [3.63, 3.8) is 0 Å². The molecule has 1 aliphatic carbocycles. The van der Waals surface area contributed by atoms with Crippen molar-refractivity contribution in [2.45, 2.75) is 34.7 Å². The summed E-state index contributed by atoms with van der Waals surface area (Å²) >= 11 is 7.13. The van der Waals surface area contributed by atoms with Crippen molar-refractivity contribution in [2.75, 3.05) is 12.5 Å². The van der Waals surface area contributed by atoms with Crippen LogP contribution in [0, 0.1) is 0 Å². The van der Waals surface area contributed by atoms with Crippen LogP contribution >= 0.6 is 39.5 Å². The minimum atomic E-state index is -0.407. The molecular formula is C12H15BrOS2. The zero-order valence-corrected chi connectivity index (χ0v) is 12.6. The molecule has 0 atom stereocenters. The van der Waals surface area contributed by atoms with Crippen molar-refractivity contribution in [1.29, 1.82) is 0 Å². The predicted molar refractivity (Wildman–Crippen MR) is 75.6 cm³/mol. The Morgan fingerprint density at radius 2 is 2.00 bits per heavy atom. The summed E-state index contributed by atoms with van der Waals surface area (Å²) in [5.41, 5.74) is 0.824. The summed E-state index contributed by atoms with van der Waals surface area (Å²) in [7, 11) is 0. The molecular weight excluding hydrogens is 304 g/mol.